The first-order chi connectivity index (χ1) is 8.49. The van der Waals surface area contributed by atoms with Gasteiger partial charge in [0.1, 0.15) is 11.6 Å². The highest BCUT2D eigenvalue weighted by Crippen LogP contribution is 2.29. The zero-order chi connectivity index (χ0) is 13.3. The molecule has 1 aliphatic carbocycles. The zero-order valence-corrected chi connectivity index (χ0v) is 12.2. The van der Waals surface area contributed by atoms with E-state index >= 15 is 0 Å². The van der Waals surface area contributed by atoms with E-state index < -0.39 is 11.6 Å². The molecule has 2 unspecified atom stereocenters. The lowest BCUT2D eigenvalue weighted by atomic mass is 9.93. The van der Waals surface area contributed by atoms with E-state index in [1.807, 2.05) is 6.92 Å². The van der Waals surface area contributed by atoms with E-state index in [4.69, 9.17) is 17.3 Å². The van der Waals surface area contributed by atoms with Crippen LogP contribution in [0.3, 0.4) is 0 Å². The average molecular weight is 311 g/mol. The fraction of sp³-hybridized carbons (Fsp3) is 0.538. The number of rotatable bonds is 5. The maximum atomic E-state index is 13.4. The van der Waals surface area contributed by atoms with Crippen LogP contribution in [0.15, 0.2) is 12.1 Å². The van der Waals surface area contributed by atoms with Crippen molar-refractivity contribution < 1.29 is 8.78 Å². The van der Waals surface area contributed by atoms with Gasteiger partial charge < -0.3 is 11.1 Å². The number of hydrogen-bond acceptors (Lipinski definition) is 2. The average Bonchev–Trinajstić information content (AvgIpc) is 3.13. The molecule has 0 radical (unpaired) electrons. The van der Waals surface area contributed by atoms with Gasteiger partial charge in [-0.2, -0.15) is 0 Å². The van der Waals surface area contributed by atoms with E-state index in [-0.39, 0.29) is 29.4 Å². The summed E-state index contributed by atoms with van der Waals surface area (Å²) in [6.07, 6.45) is 2.35. The predicted molar refractivity (Wildman–Crippen MR) is 76.0 cm³/mol. The normalized spacial score (nSPS) is 17.7. The van der Waals surface area contributed by atoms with Crippen LogP contribution in [0.2, 0.25) is 5.02 Å². The van der Waals surface area contributed by atoms with Crippen molar-refractivity contribution in [1.82, 2.24) is 5.32 Å². The quantitative estimate of drug-likeness (QED) is 0.820. The molecule has 1 aliphatic rings. The second-order valence-corrected chi connectivity index (χ2v) is 5.30. The summed E-state index contributed by atoms with van der Waals surface area (Å²) >= 11 is 5.86. The fourth-order valence-electron chi connectivity index (χ4n) is 1.90. The molecule has 0 saturated heterocycles. The molecule has 0 bridgehead atoms. The Bertz CT molecular complexity index is 439. The third-order valence-electron chi connectivity index (χ3n) is 3.37. The van der Waals surface area contributed by atoms with Crippen LogP contribution in [0.1, 0.15) is 31.2 Å². The molecule has 1 aromatic rings. The summed E-state index contributed by atoms with van der Waals surface area (Å²) in [5, 5.41) is 3.26. The molecule has 2 rings (SSSR count). The Morgan fingerprint density at radius 3 is 2.63 bits per heavy atom. The highest BCUT2D eigenvalue weighted by molar-refractivity contribution is 6.31. The highest BCUT2D eigenvalue weighted by Gasteiger charge is 2.24. The van der Waals surface area contributed by atoms with Gasteiger partial charge in [0.15, 0.2) is 0 Å². The molecule has 0 aliphatic heterocycles. The highest BCUT2D eigenvalue weighted by atomic mass is 35.5. The molecule has 0 heterocycles. The predicted octanol–water partition coefficient (Wildman–Crippen LogP) is 3.22. The van der Waals surface area contributed by atoms with Crippen molar-refractivity contribution >= 4 is 24.0 Å². The van der Waals surface area contributed by atoms with Crippen LogP contribution >= 0.6 is 24.0 Å². The van der Waals surface area contributed by atoms with Gasteiger partial charge in [-0.05, 0) is 30.4 Å². The van der Waals surface area contributed by atoms with Crippen LogP contribution in [0, 0.1) is 11.6 Å². The van der Waals surface area contributed by atoms with Crippen molar-refractivity contribution in [2.75, 3.05) is 6.54 Å². The van der Waals surface area contributed by atoms with Crippen molar-refractivity contribution in [3.8, 4) is 0 Å². The first-order valence-electron chi connectivity index (χ1n) is 6.12. The van der Waals surface area contributed by atoms with Crippen LogP contribution in [-0.4, -0.2) is 18.6 Å². The summed E-state index contributed by atoms with van der Waals surface area (Å²) in [5.41, 5.74) is 6.46. The van der Waals surface area contributed by atoms with Crippen molar-refractivity contribution in [1.29, 1.82) is 0 Å². The lowest BCUT2D eigenvalue weighted by molar-refractivity contribution is 0.504. The number of benzene rings is 1. The summed E-state index contributed by atoms with van der Waals surface area (Å²) in [5.74, 6) is -1.56. The number of hydrogen-bond donors (Lipinski definition) is 2. The Hall–Kier alpha value is -0.420. The van der Waals surface area contributed by atoms with Gasteiger partial charge in [-0.1, -0.05) is 18.5 Å². The van der Waals surface area contributed by atoms with Gasteiger partial charge in [-0.25, -0.2) is 8.78 Å². The van der Waals surface area contributed by atoms with Crippen LogP contribution in [0.4, 0.5) is 8.78 Å². The molecule has 2 nitrogen and oxygen atoms in total. The van der Waals surface area contributed by atoms with Gasteiger partial charge in [0.05, 0.1) is 5.02 Å². The van der Waals surface area contributed by atoms with Crippen molar-refractivity contribution in [3.05, 3.63) is 34.4 Å². The largest absolute Gasteiger partial charge is 0.326 e. The van der Waals surface area contributed by atoms with Gasteiger partial charge in [0, 0.05) is 24.7 Å². The van der Waals surface area contributed by atoms with Crippen LogP contribution in [0.5, 0.6) is 0 Å². The molecule has 0 aromatic heterocycles. The van der Waals surface area contributed by atoms with Gasteiger partial charge in [-0.3, -0.25) is 0 Å². The third-order valence-corrected chi connectivity index (χ3v) is 3.77. The molecular formula is C13H18Cl2F2N2. The number of halogens is 4. The van der Waals surface area contributed by atoms with E-state index in [0.717, 1.165) is 6.07 Å². The molecule has 6 heteroatoms. The van der Waals surface area contributed by atoms with E-state index in [0.29, 0.717) is 18.2 Å². The summed E-state index contributed by atoms with van der Waals surface area (Å²) in [6.45, 7) is 2.46. The second-order valence-electron chi connectivity index (χ2n) is 4.93. The third kappa shape index (κ3) is 4.28. The topological polar surface area (TPSA) is 38.0 Å². The molecule has 3 N–H and O–H groups in total. The molecule has 2 atom stereocenters. The maximum Gasteiger partial charge on any atom is 0.144 e. The minimum atomic E-state index is -0.735. The van der Waals surface area contributed by atoms with E-state index in [2.05, 4.69) is 5.32 Å². The maximum absolute atomic E-state index is 13.4. The Kier molecular flexibility index (Phi) is 5.99. The van der Waals surface area contributed by atoms with E-state index in [1.54, 1.807) is 0 Å². The van der Waals surface area contributed by atoms with Gasteiger partial charge in [0.2, 0.25) is 0 Å². The summed E-state index contributed by atoms with van der Waals surface area (Å²) in [6, 6.07) is 2.38. The van der Waals surface area contributed by atoms with Crippen LogP contribution in [-0.2, 0) is 0 Å². The number of nitrogens with one attached hydrogen (secondary N) is 1. The van der Waals surface area contributed by atoms with Gasteiger partial charge in [0.25, 0.3) is 0 Å². The van der Waals surface area contributed by atoms with E-state index in [9.17, 15) is 8.78 Å². The summed E-state index contributed by atoms with van der Waals surface area (Å²) < 4.78 is 26.6. The standard InChI is InChI=1S/C13H17ClF2N2.ClH/c1-7(12(17)6-18-9-2-3-9)10-4-8(15)5-11(16)13(10)14;/h4-5,7,9,12,18H,2-3,6,17H2,1H3;1H. The van der Waals surface area contributed by atoms with E-state index in [1.165, 1.54) is 18.9 Å². The minimum Gasteiger partial charge on any atom is -0.326 e. The van der Waals surface area contributed by atoms with Crippen LogP contribution in [0.25, 0.3) is 0 Å². The van der Waals surface area contributed by atoms with Crippen molar-refractivity contribution in [3.63, 3.8) is 0 Å². The first kappa shape index (κ1) is 16.6. The smallest absolute Gasteiger partial charge is 0.144 e. The van der Waals surface area contributed by atoms with Gasteiger partial charge >= 0.3 is 0 Å². The van der Waals surface area contributed by atoms with Gasteiger partial charge in [-0.15, -0.1) is 12.4 Å². The number of nitrogens with two attached hydrogens (primary N) is 1. The Balaban J connectivity index is 0.00000180. The Morgan fingerprint density at radius 2 is 2.05 bits per heavy atom. The fourth-order valence-corrected chi connectivity index (χ4v) is 2.19. The molecule has 1 aromatic carbocycles. The second kappa shape index (κ2) is 6.84. The molecule has 19 heavy (non-hydrogen) atoms. The van der Waals surface area contributed by atoms with Crippen molar-refractivity contribution in [2.45, 2.75) is 37.8 Å². The Labute approximate surface area is 123 Å². The minimum absolute atomic E-state index is 0. The lowest BCUT2D eigenvalue weighted by Gasteiger charge is -2.22. The molecule has 108 valence electrons. The lowest BCUT2D eigenvalue weighted by Crippen LogP contribution is -2.38. The molecule has 1 fully saturated rings. The Morgan fingerprint density at radius 1 is 1.42 bits per heavy atom. The summed E-state index contributed by atoms with van der Waals surface area (Å²) in [7, 11) is 0. The monoisotopic (exact) mass is 310 g/mol. The molecule has 0 spiro atoms. The zero-order valence-electron chi connectivity index (χ0n) is 10.6. The first-order valence-corrected chi connectivity index (χ1v) is 6.50. The molecular weight excluding hydrogens is 293 g/mol. The molecule has 0 amide bonds. The van der Waals surface area contributed by atoms with Crippen molar-refractivity contribution in [2.24, 2.45) is 5.73 Å². The van der Waals surface area contributed by atoms with Crippen LogP contribution < -0.4 is 11.1 Å². The summed E-state index contributed by atoms with van der Waals surface area (Å²) in [4.78, 5) is 0. The SMILES string of the molecule is CC(c1cc(F)cc(F)c1Cl)C(N)CNC1CC1.Cl. The molecule has 1 saturated carbocycles.